The van der Waals surface area contributed by atoms with Crippen LogP contribution in [0.5, 0.6) is 0 Å². The lowest BCUT2D eigenvalue weighted by Crippen LogP contribution is -2.33. The van der Waals surface area contributed by atoms with E-state index in [1.54, 1.807) is 0 Å². The van der Waals surface area contributed by atoms with Gasteiger partial charge >= 0.3 is 0 Å². The number of likely N-dealkylation sites (tertiary alicyclic amines) is 1. The highest BCUT2D eigenvalue weighted by molar-refractivity contribution is 5.98. The maximum Gasteiger partial charge on any atom is 0.166 e. The van der Waals surface area contributed by atoms with Crippen LogP contribution in [-0.4, -0.2) is 30.8 Å². The number of piperidine rings is 1. The van der Waals surface area contributed by atoms with Crippen LogP contribution in [-0.2, 0) is 0 Å². The molecule has 3 rings (SSSR count). The third-order valence-electron chi connectivity index (χ3n) is 4.58. The fourth-order valence-electron chi connectivity index (χ4n) is 3.06. The van der Waals surface area contributed by atoms with Gasteiger partial charge < -0.3 is 10.2 Å². The molecule has 23 heavy (non-hydrogen) atoms. The zero-order valence-electron chi connectivity index (χ0n) is 13.9. The average Bonchev–Trinajstić information content (AvgIpc) is 2.57. The number of nitrogens with zero attached hydrogens (tertiary/aromatic N) is 1. The van der Waals surface area contributed by atoms with Crippen LogP contribution in [0.1, 0.15) is 28.8 Å². The number of carbonyl (C=O) groups excluding carboxylic acids is 1. The number of benzene rings is 2. The molecule has 0 spiro atoms. The molecule has 0 amide bonds. The van der Waals surface area contributed by atoms with E-state index in [4.69, 9.17) is 0 Å². The third-order valence-corrected chi connectivity index (χ3v) is 4.58. The first-order valence-electron chi connectivity index (χ1n) is 8.28. The summed E-state index contributed by atoms with van der Waals surface area (Å²) < 4.78 is 0. The van der Waals surface area contributed by atoms with E-state index in [9.17, 15) is 4.79 Å². The predicted molar refractivity (Wildman–Crippen MR) is 95.5 cm³/mol. The summed E-state index contributed by atoms with van der Waals surface area (Å²) in [5.74, 6) is 0.450. The Morgan fingerprint density at radius 2 is 1.74 bits per heavy atom. The van der Waals surface area contributed by atoms with Crippen LogP contribution in [0.15, 0.2) is 48.5 Å². The minimum Gasteiger partial charge on any atom is -0.356 e. The summed E-state index contributed by atoms with van der Waals surface area (Å²) in [4.78, 5) is 15.0. The fourth-order valence-corrected chi connectivity index (χ4v) is 3.06. The van der Waals surface area contributed by atoms with Gasteiger partial charge in [0.25, 0.3) is 0 Å². The van der Waals surface area contributed by atoms with Gasteiger partial charge in [-0.3, -0.25) is 4.79 Å². The van der Waals surface area contributed by atoms with Crippen LogP contribution in [0.3, 0.4) is 0 Å². The molecule has 1 N–H and O–H groups in total. The van der Waals surface area contributed by atoms with E-state index >= 15 is 0 Å². The van der Waals surface area contributed by atoms with Gasteiger partial charge in [-0.05, 0) is 64.2 Å². The Morgan fingerprint density at radius 1 is 1.04 bits per heavy atom. The molecule has 0 atom stereocenters. The Bertz CT molecular complexity index is 670. The van der Waals surface area contributed by atoms with E-state index in [0.29, 0.717) is 0 Å². The number of hydrogen-bond donors (Lipinski definition) is 1. The Kier molecular flexibility index (Phi) is 4.77. The van der Waals surface area contributed by atoms with Gasteiger partial charge in [0.15, 0.2) is 5.78 Å². The number of aryl methyl sites for hydroxylation is 1. The highest BCUT2D eigenvalue weighted by Gasteiger charge is 2.24. The number of hydrogen-bond acceptors (Lipinski definition) is 3. The summed E-state index contributed by atoms with van der Waals surface area (Å²) in [7, 11) is 2.12. The second kappa shape index (κ2) is 6.97. The van der Waals surface area contributed by atoms with E-state index in [0.717, 1.165) is 42.9 Å². The van der Waals surface area contributed by atoms with Crippen molar-refractivity contribution >= 4 is 17.2 Å². The van der Waals surface area contributed by atoms with Crippen LogP contribution >= 0.6 is 0 Å². The molecule has 0 aromatic heterocycles. The number of carbonyl (C=O) groups is 1. The van der Waals surface area contributed by atoms with Gasteiger partial charge in [0, 0.05) is 22.9 Å². The molecular formula is C20H24N2O. The first-order valence-corrected chi connectivity index (χ1v) is 8.28. The van der Waals surface area contributed by atoms with Gasteiger partial charge in [0.1, 0.15) is 0 Å². The molecule has 1 aliphatic heterocycles. The van der Waals surface area contributed by atoms with Crippen molar-refractivity contribution in [2.75, 3.05) is 25.5 Å². The fraction of sp³-hybridized carbons (Fsp3) is 0.350. The lowest BCUT2D eigenvalue weighted by molar-refractivity contribution is 0.0857. The van der Waals surface area contributed by atoms with Gasteiger partial charge in [-0.1, -0.05) is 29.8 Å². The molecule has 0 unspecified atom stereocenters. The maximum atomic E-state index is 12.7. The van der Waals surface area contributed by atoms with Crippen molar-refractivity contribution < 1.29 is 4.79 Å². The zero-order chi connectivity index (χ0) is 16.2. The quantitative estimate of drug-likeness (QED) is 0.856. The van der Waals surface area contributed by atoms with Crippen LogP contribution in [0.2, 0.25) is 0 Å². The monoisotopic (exact) mass is 308 g/mol. The number of nitrogens with one attached hydrogen (secondary N) is 1. The van der Waals surface area contributed by atoms with E-state index in [2.05, 4.69) is 48.5 Å². The van der Waals surface area contributed by atoms with Gasteiger partial charge in [-0.2, -0.15) is 0 Å². The van der Waals surface area contributed by atoms with Crippen LogP contribution in [0, 0.1) is 12.8 Å². The van der Waals surface area contributed by atoms with Crippen molar-refractivity contribution in [3.63, 3.8) is 0 Å². The average molecular weight is 308 g/mol. The molecule has 3 nitrogen and oxygen atoms in total. The number of anilines is 2. The molecule has 2 aromatic carbocycles. The Morgan fingerprint density at radius 3 is 2.43 bits per heavy atom. The van der Waals surface area contributed by atoms with E-state index < -0.39 is 0 Å². The standard InChI is InChI=1S/C20H24N2O/c1-15-6-8-18(9-7-15)21-19-5-3-4-17(14-19)20(23)16-10-12-22(2)13-11-16/h3-9,14,16,21H,10-13H2,1-2H3. The minimum absolute atomic E-state index is 0.167. The van der Waals surface area contributed by atoms with Crippen molar-refractivity contribution in [3.8, 4) is 0 Å². The molecule has 2 aromatic rings. The molecular weight excluding hydrogens is 284 g/mol. The second-order valence-electron chi connectivity index (χ2n) is 6.51. The first kappa shape index (κ1) is 15.8. The van der Waals surface area contributed by atoms with Gasteiger partial charge in [0.2, 0.25) is 0 Å². The number of ketones is 1. The zero-order valence-corrected chi connectivity index (χ0v) is 13.9. The van der Waals surface area contributed by atoms with Gasteiger partial charge in [-0.25, -0.2) is 0 Å². The lowest BCUT2D eigenvalue weighted by atomic mass is 9.89. The highest BCUT2D eigenvalue weighted by Crippen LogP contribution is 2.24. The minimum atomic E-state index is 0.167. The summed E-state index contributed by atoms with van der Waals surface area (Å²) in [6.07, 6.45) is 1.93. The summed E-state index contributed by atoms with van der Waals surface area (Å²) in [6.45, 7) is 4.10. The smallest absolute Gasteiger partial charge is 0.166 e. The lowest BCUT2D eigenvalue weighted by Gasteiger charge is -2.28. The second-order valence-corrected chi connectivity index (χ2v) is 6.51. The Balaban J connectivity index is 1.71. The number of rotatable bonds is 4. The summed E-state index contributed by atoms with van der Waals surface area (Å²) in [5, 5.41) is 3.38. The molecule has 0 bridgehead atoms. The normalized spacial score (nSPS) is 16.3. The Hall–Kier alpha value is -2.13. The van der Waals surface area contributed by atoms with Gasteiger partial charge in [-0.15, -0.1) is 0 Å². The molecule has 0 saturated carbocycles. The van der Waals surface area contributed by atoms with E-state index in [1.165, 1.54) is 5.56 Å². The first-order chi connectivity index (χ1) is 11.1. The van der Waals surface area contributed by atoms with E-state index in [1.807, 2.05) is 24.3 Å². The van der Waals surface area contributed by atoms with Crippen molar-refractivity contribution in [1.29, 1.82) is 0 Å². The summed E-state index contributed by atoms with van der Waals surface area (Å²) in [5.41, 5.74) is 4.06. The van der Waals surface area contributed by atoms with Gasteiger partial charge in [0.05, 0.1) is 0 Å². The maximum absolute atomic E-state index is 12.7. The highest BCUT2D eigenvalue weighted by atomic mass is 16.1. The van der Waals surface area contributed by atoms with E-state index in [-0.39, 0.29) is 11.7 Å². The summed E-state index contributed by atoms with van der Waals surface area (Å²) in [6, 6.07) is 16.1. The third kappa shape index (κ3) is 3.99. The van der Waals surface area contributed by atoms with Crippen molar-refractivity contribution in [1.82, 2.24) is 4.90 Å². The SMILES string of the molecule is Cc1ccc(Nc2cccc(C(=O)C3CCN(C)CC3)c2)cc1. The Labute approximate surface area is 138 Å². The molecule has 3 heteroatoms. The van der Waals surface area contributed by atoms with Crippen LogP contribution in [0.4, 0.5) is 11.4 Å². The summed E-state index contributed by atoms with van der Waals surface area (Å²) >= 11 is 0. The molecule has 1 aliphatic rings. The molecule has 1 saturated heterocycles. The van der Waals surface area contributed by atoms with Crippen molar-refractivity contribution in [2.24, 2.45) is 5.92 Å². The molecule has 1 fully saturated rings. The van der Waals surface area contributed by atoms with Crippen LogP contribution < -0.4 is 5.32 Å². The molecule has 0 aliphatic carbocycles. The predicted octanol–water partition coefficient (Wildman–Crippen LogP) is 4.26. The largest absolute Gasteiger partial charge is 0.356 e. The van der Waals surface area contributed by atoms with Crippen LogP contribution in [0.25, 0.3) is 0 Å². The van der Waals surface area contributed by atoms with Crippen molar-refractivity contribution in [3.05, 3.63) is 59.7 Å². The topological polar surface area (TPSA) is 32.3 Å². The molecule has 1 heterocycles. The number of Topliss-reactive ketones (excluding diaryl/α,β-unsaturated/α-hetero) is 1. The van der Waals surface area contributed by atoms with Crippen molar-refractivity contribution in [2.45, 2.75) is 19.8 Å². The molecule has 0 radical (unpaired) electrons. The molecule has 120 valence electrons.